The summed E-state index contributed by atoms with van der Waals surface area (Å²) in [7, 11) is -3.70. The standard InChI is InChI=1S/C12H24N2O4S/c1-3-5-6-11(12(15)16)13-19(17,18)14(4-2)9-10-7-8-10/h10-11,13H,3-9H2,1-2H3,(H,15,16). The van der Waals surface area contributed by atoms with Gasteiger partial charge in [0.25, 0.3) is 10.2 Å². The van der Waals surface area contributed by atoms with Crippen LogP contribution in [0.5, 0.6) is 0 Å². The van der Waals surface area contributed by atoms with Gasteiger partial charge in [-0.05, 0) is 25.2 Å². The number of carboxylic acid groups (broad SMARTS) is 1. The lowest BCUT2D eigenvalue weighted by Gasteiger charge is -2.23. The normalized spacial score (nSPS) is 17.6. The van der Waals surface area contributed by atoms with Crippen molar-refractivity contribution in [2.75, 3.05) is 13.1 Å². The van der Waals surface area contributed by atoms with E-state index in [-0.39, 0.29) is 0 Å². The summed E-state index contributed by atoms with van der Waals surface area (Å²) >= 11 is 0. The van der Waals surface area contributed by atoms with Crippen LogP contribution in [0.25, 0.3) is 0 Å². The lowest BCUT2D eigenvalue weighted by molar-refractivity contribution is -0.139. The van der Waals surface area contributed by atoms with Gasteiger partial charge in [0.15, 0.2) is 0 Å². The maximum atomic E-state index is 12.2. The van der Waals surface area contributed by atoms with Crippen molar-refractivity contribution >= 4 is 16.2 Å². The van der Waals surface area contributed by atoms with Crippen LogP contribution < -0.4 is 4.72 Å². The largest absolute Gasteiger partial charge is 0.480 e. The van der Waals surface area contributed by atoms with Crippen molar-refractivity contribution in [3.05, 3.63) is 0 Å². The molecule has 1 saturated carbocycles. The van der Waals surface area contributed by atoms with E-state index in [1.54, 1.807) is 6.92 Å². The zero-order valence-electron chi connectivity index (χ0n) is 11.6. The molecule has 0 aromatic rings. The molecule has 1 aliphatic rings. The van der Waals surface area contributed by atoms with Crippen molar-refractivity contribution in [1.29, 1.82) is 0 Å². The zero-order valence-corrected chi connectivity index (χ0v) is 12.4. The third-order valence-electron chi connectivity index (χ3n) is 3.29. The monoisotopic (exact) mass is 292 g/mol. The van der Waals surface area contributed by atoms with Gasteiger partial charge in [-0.1, -0.05) is 26.7 Å². The second kappa shape index (κ2) is 7.21. The number of hydrogen-bond donors (Lipinski definition) is 2. The highest BCUT2D eigenvalue weighted by Crippen LogP contribution is 2.30. The Hall–Kier alpha value is -0.660. The molecule has 0 heterocycles. The Morgan fingerprint density at radius 3 is 2.47 bits per heavy atom. The van der Waals surface area contributed by atoms with E-state index in [0.717, 1.165) is 19.3 Å². The predicted molar refractivity (Wildman–Crippen MR) is 73.0 cm³/mol. The average Bonchev–Trinajstić information content (AvgIpc) is 3.14. The van der Waals surface area contributed by atoms with Gasteiger partial charge >= 0.3 is 5.97 Å². The first-order valence-corrected chi connectivity index (χ1v) is 8.34. The molecule has 1 atom stereocenters. The molecule has 1 fully saturated rings. The molecule has 0 aromatic carbocycles. The van der Waals surface area contributed by atoms with Crippen LogP contribution in [0, 0.1) is 5.92 Å². The molecule has 2 N–H and O–H groups in total. The summed E-state index contributed by atoms with van der Waals surface area (Å²) < 4.78 is 28.0. The van der Waals surface area contributed by atoms with Gasteiger partial charge < -0.3 is 5.11 Å². The summed E-state index contributed by atoms with van der Waals surface area (Å²) in [5.41, 5.74) is 0. The third kappa shape index (κ3) is 5.46. The number of rotatable bonds is 10. The first-order valence-electron chi connectivity index (χ1n) is 6.90. The van der Waals surface area contributed by atoms with Gasteiger partial charge in [-0.25, -0.2) is 0 Å². The molecule has 0 radical (unpaired) electrons. The van der Waals surface area contributed by atoms with E-state index in [1.165, 1.54) is 4.31 Å². The smallest absolute Gasteiger partial charge is 0.321 e. The SMILES string of the molecule is CCCCC(NS(=O)(=O)N(CC)CC1CC1)C(=O)O. The first kappa shape index (κ1) is 16.4. The number of aliphatic carboxylic acids is 1. The van der Waals surface area contributed by atoms with Gasteiger partial charge in [0, 0.05) is 13.1 Å². The molecular weight excluding hydrogens is 268 g/mol. The Morgan fingerprint density at radius 1 is 1.42 bits per heavy atom. The van der Waals surface area contributed by atoms with E-state index in [1.807, 2.05) is 6.92 Å². The predicted octanol–water partition coefficient (Wildman–Crippen LogP) is 1.20. The van der Waals surface area contributed by atoms with E-state index in [0.29, 0.717) is 31.8 Å². The van der Waals surface area contributed by atoms with Crippen LogP contribution in [-0.2, 0) is 15.0 Å². The quantitative estimate of drug-likeness (QED) is 0.633. The summed E-state index contributed by atoms with van der Waals surface area (Å²) in [6.07, 6.45) is 3.97. The van der Waals surface area contributed by atoms with Crippen LogP contribution in [0.2, 0.25) is 0 Å². The lowest BCUT2D eigenvalue weighted by Crippen LogP contribution is -2.48. The third-order valence-corrected chi connectivity index (χ3v) is 4.96. The molecule has 6 nitrogen and oxygen atoms in total. The molecule has 19 heavy (non-hydrogen) atoms. The Balaban J connectivity index is 2.64. The molecule has 1 unspecified atom stereocenters. The highest BCUT2D eigenvalue weighted by Gasteiger charge is 2.32. The maximum Gasteiger partial charge on any atom is 0.321 e. The fourth-order valence-electron chi connectivity index (χ4n) is 1.88. The van der Waals surface area contributed by atoms with E-state index in [4.69, 9.17) is 5.11 Å². The highest BCUT2D eigenvalue weighted by atomic mass is 32.2. The summed E-state index contributed by atoms with van der Waals surface area (Å²) in [5.74, 6) is -0.671. The molecule has 0 saturated heterocycles. The van der Waals surface area contributed by atoms with Gasteiger partial charge in [0.2, 0.25) is 0 Å². The highest BCUT2D eigenvalue weighted by molar-refractivity contribution is 7.87. The summed E-state index contributed by atoms with van der Waals surface area (Å²) in [5, 5.41) is 9.07. The molecule has 0 bridgehead atoms. The van der Waals surface area contributed by atoms with Gasteiger partial charge in [-0.3, -0.25) is 4.79 Å². The lowest BCUT2D eigenvalue weighted by atomic mass is 10.1. The minimum Gasteiger partial charge on any atom is -0.480 e. The molecular formula is C12H24N2O4S. The minimum absolute atomic E-state index is 0.325. The molecule has 0 aromatic heterocycles. The van der Waals surface area contributed by atoms with Crippen molar-refractivity contribution in [3.63, 3.8) is 0 Å². The van der Waals surface area contributed by atoms with Gasteiger partial charge in [0.1, 0.15) is 6.04 Å². The second-order valence-electron chi connectivity index (χ2n) is 5.05. The van der Waals surface area contributed by atoms with E-state index < -0.39 is 22.2 Å². The zero-order chi connectivity index (χ0) is 14.5. The van der Waals surface area contributed by atoms with Crippen molar-refractivity contribution in [2.24, 2.45) is 5.92 Å². The second-order valence-corrected chi connectivity index (χ2v) is 6.75. The van der Waals surface area contributed by atoms with Gasteiger partial charge in [-0.2, -0.15) is 17.4 Å². The van der Waals surface area contributed by atoms with E-state index >= 15 is 0 Å². The number of carbonyl (C=O) groups is 1. The van der Waals surface area contributed by atoms with Crippen LogP contribution in [0.15, 0.2) is 0 Å². The van der Waals surface area contributed by atoms with Gasteiger partial charge in [0.05, 0.1) is 0 Å². The number of nitrogens with zero attached hydrogens (tertiary/aromatic N) is 1. The van der Waals surface area contributed by atoms with Crippen molar-refractivity contribution < 1.29 is 18.3 Å². The van der Waals surface area contributed by atoms with Crippen LogP contribution in [0.1, 0.15) is 46.0 Å². The molecule has 1 aliphatic carbocycles. The maximum absolute atomic E-state index is 12.2. The summed E-state index contributed by atoms with van der Waals surface area (Å²) in [6.45, 7) is 4.57. The number of carboxylic acids is 1. The van der Waals surface area contributed by atoms with Crippen LogP contribution >= 0.6 is 0 Å². The first-order chi connectivity index (χ1) is 8.90. The summed E-state index contributed by atoms with van der Waals surface area (Å²) in [6, 6.07) is -1.03. The Morgan fingerprint density at radius 2 is 2.05 bits per heavy atom. The number of hydrogen-bond acceptors (Lipinski definition) is 3. The van der Waals surface area contributed by atoms with Gasteiger partial charge in [-0.15, -0.1) is 0 Å². The van der Waals surface area contributed by atoms with Crippen molar-refractivity contribution in [1.82, 2.24) is 9.03 Å². The van der Waals surface area contributed by atoms with Crippen molar-refractivity contribution in [2.45, 2.75) is 52.0 Å². The van der Waals surface area contributed by atoms with E-state index in [2.05, 4.69) is 4.72 Å². The number of nitrogens with one attached hydrogen (secondary N) is 1. The molecule has 112 valence electrons. The van der Waals surface area contributed by atoms with Crippen LogP contribution in [-0.4, -0.2) is 42.9 Å². The topological polar surface area (TPSA) is 86.7 Å². The van der Waals surface area contributed by atoms with Crippen LogP contribution in [0.4, 0.5) is 0 Å². The molecule has 0 aliphatic heterocycles. The fourth-order valence-corrected chi connectivity index (χ4v) is 3.36. The fraction of sp³-hybridized carbons (Fsp3) is 0.917. The van der Waals surface area contributed by atoms with E-state index in [9.17, 15) is 13.2 Å². The Bertz CT molecular complexity index is 393. The molecule has 0 spiro atoms. The number of unbranched alkanes of at least 4 members (excludes halogenated alkanes) is 1. The summed E-state index contributed by atoms with van der Waals surface area (Å²) in [4.78, 5) is 11.1. The molecule has 1 rings (SSSR count). The Labute approximate surface area is 115 Å². The van der Waals surface area contributed by atoms with Crippen LogP contribution in [0.3, 0.4) is 0 Å². The molecule has 7 heteroatoms. The average molecular weight is 292 g/mol. The molecule has 0 amide bonds. The van der Waals surface area contributed by atoms with Crippen molar-refractivity contribution in [3.8, 4) is 0 Å². The Kier molecular flexibility index (Phi) is 6.22. The minimum atomic E-state index is -3.70.